The van der Waals surface area contributed by atoms with Gasteiger partial charge in [0.1, 0.15) is 12.4 Å². The Bertz CT molecular complexity index is 458. The van der Waals surface area contributed by atoms with Crippen LogP contribution in [0.3, 0.4) is 0 Å². The highest BCUT2D eigenvalue weighted by atomic mass is 16.5. The van der Waals surface area contributed by atoms with Crippen LogP contribution in [0, 0.1) is 6.92 Å². The molecule has 0 aliphatic carbocycles. The quantitative estimate of drug-likeness (QED) is 0.715. The van der Waals surface area contributed by atoms with E-state index < -0.39 is 5.97 Å². The summed E-state index contributed by atoms with van der Waals surface area (Å²) in [6, 6.07) is 5.16. The molecule has 0 unspecified atom stereocenters. The predicted molar refractivity (Wildman–Crippen MR) is 68.5 cm³/mol. The molecular formula is C13H17NO5. The molecule has 0 fully saturated rings. The first kappa shape index (κ1) is 15.0. The van der Waals surface area contributed by atoms with E-state index in [1.54, 1.807) is 25.3 Å². The Kier molecular flexibility index (Phi) is 5.81. The summed E-state index contributed by atoms with van der Waals surface area (Å²) in [4.78, 5) is 22.0. The maximum absolute atomic E-state index is 11.8. The summed E-state index contributed by atoms with van der Waals surface area (Å²) in [5.74, 6) is -0.637. The van der Waals surface area contributed by atoms with Crippen molar-refractivity contribution >= 4 is 11.9 Å². The van der Waals surface area contributed by atoms with Gasteiger partial charge in [0, 0.05) is 12.1 Å². The standard InChI is InChI=1S/C13H17NO5/c1-9-3-4-10(7-11(9)18-2)13(17)14-5-6-19-8-12(15)16/h3-4,7H,5-6,8H2,1-2H3,(H,14,17)(H,15,16). The van der Waals surface area contributed by atoms with Crippen molar-refractivity contribution in [1.82, 2.24) is 5.32 Å². The second-order valence-electron chi connectivity index (χ2n) is 3.89. The number of aliphatic carboxylic acids is 1. The maximum Gasteiger partial charge on any atom is 0.329 e. The third-order valence-electron chi connectivity index (χ3n) is 2.43. The van der Waals surface area contributed by atoms with Crippen molar-refractivity contribution in [3.05, 3.63) is 29.3 Å². The van der Waals surface area contributed by atoms with Crippen molar-refractivity contribution in [2.24, 2.45) is 0 Å². The first-order chi connectivity index (χ1) is 9.04. The summed E-state index contributed by atoms with van der Waals surface area (Å²) in [5.41, 5.74) is 1.43. The van der Waals surface area contributed by atoms with Crippen molar-refractivity contribution in [1.29, 1.82) is 0 Å². The number of benzene rings is 1. The molecule has 0 spiro atoms. The van der Waals surface area contributed by atoms with Crippen molar-refractivity contribution in [2.75, 3.05) is 26.9 Å². The van der Waals surface area contributed by atoms with Gasteiger partial charge in [-0.25, -0.2) is 4.79 Å². The molecule has 0 aliphatic rings. The highest BCUT2D eigenvalue weighted by molar-refractivity contribution is 5.94. The minimum absolute atomic E-state index is 0.154. The number of hydrogen-bond donors (Lipinski definition) is 2. The van der Waals surface area contributed by atoms with Crippen molar-refractivity contribution < 1.29 is 24.2 Å². The van der Waals surface area contributed by atoms with Crippen LogP contribution in [0.4, 0.5) is 0 Å². The molecule has 6 heteroatoms. The summed E-state index contributed by atoms with van der Waals surface area (Å²) in [6.45, 7) is 1.93. The lowest BCUT2D eigenvalue weighted by Crippen LogP contribution is -2.27. The van der Waals surface area contributed by atoms with Gasteiger partial charge in [-0.15, -0.1) is 0 Å². The highest BCUT2D eigenvalue weighted by Crippen LogP contribution is 2.18. The summed E-state index contributed by atoms with van der Waals surface area (Å²) >= 11 is 0. The maximum atomic E-state index is 11.8. The minimum Gasteiger partial charge on any atom is -0.496 e. The Hall–Kier alpha value is -2.08. The van der Waals surface area contributed by atoms with Gasteiger partial charge in [-0.1, -0.05) is 6.07 Å². The summed E-state index contributed by atoms with van der Waals surface area (Å²) in [5, 5.41) is 11.0. The van der Waals surface area contributed by atoms with Gasteiger partial charge in [-0.05, 0) is 24.6 Å². The number of carboxylic acids is 1. The molecule has 104 valence electrons. The van der Waals surface area contributed by atoms with Crippen LogP contribution < -0.4 is 10.1 Å². The number of carbonyl (C=O) groups excluding carboxylic acids is 1. The number of methoxy groups -OCH3 is 1. The zero-order chi connectivity index (χ0) is 14.3. The Morgan fingerprint density at radius 1 is 1.37 bits per heavy atom. The molecule has 19 heavy (non-hydrogen) atoms. The van der Waals surface area contributed by atoms with Gasteiger partial charge in [-0.2, -0.15) is 0 Å². The number of hydrogen-bond acceptors (Lipinski definition) is 4. The van der Waals surface area contributed by atoms with Crippen LogP contribution >= 0.6 is 0 Å². The second kappa shape index (κ2) is 7.38. The number of amides is 1. The van der Waals surface area contributed by atoms with Gasteiger partial charge in [0.15, 0.2) is 0 Å². The monoisotopic (exact) mass is 267 g/mol. The van der Waals surface area contributed by atoms with Gasteiger partial charge in [0.2, 0.25) is 0 Å². The molecule has 0 bridgehead atoms. The van der Waals surface area contributed by atoms with E-state index in [-0.39, 0.29) is 25.7 Å². The lowest BCUT2D eigenvalue weighted by molar-refractivity contribution is -0.142. The number of nitrogens with one attached hydrogen (secondary N) is 1. The molecule has 0 saturated heterocycles. The Balaban J connectivity index is 2.43. The van der Waals surface area contributed by atoms with E-state index in [2.05, 4.69) is 5.32 Å². The topological polar surface area (TPSA) is 84.9 Å². The van der Waals surface area contributed by atoms with Crippen LogP contribution in [0.2, 0.25) is 0 Å². The molecule has 2 N–H and O–H groups in total. The van der Waals surface area contributed by atoms with E-state index in [1.165, 1.54) is 0 Å². The zero-order valence-electron chi connectivity index (χ0n) is 10.9. The Morgan fingerprint density at radius 2 is 2.11 bits per heavy atom. The molecule has 0 saturated carbocycles. The average molecular weight is 267 g/mol. The molecule has 6 nitrogen and oxygen atoms in total. The van der Waals surface area contributed by atoms with Crippen LogP contribution in [0.25, 0.3) is 0 Å². The molecule has 0 heterocycles. The predicted octanol–water partition coefficient (Wildman–Crippen LogP) is 0.835. The molecule has 1 rings (SSSR count). The van der Waals surface area contributed by atoms with E-state index in [0.717, 1.165) is 5.56 Å². The van der Waals surface area contributed by atoms with Gasteiger partial charge in [0.25, 0.3) is 5.91 Å². The van der Waals surface area contributed by atoms with E-state index in [9.17, 15) is 9.59 Å². The van der Waals surface area contributed by atoms with Gasteiger partial charge < -0.3 is 19.9 Å². The number of ether oxygens (including phenoxy) is 2. The highest BCUT2D eigenvalue weighted by Gasteiger charge is 2.08. The molecule has 1 aromatic carbocycles. The number of rotatable bonds is 7. The number of carboxylic acid groups (broad SMARTS) is 1. The molecule has 0 radical (unpaired) electrons. The van der Waals surface area contributed by atoms with E-state index in [4.69, 9.17) is 14.6 Å². The van der Waals surface area contributed by atoms with Gasteiger partial charge in [0.05, 0.1) is 13.7 Å². The Labute approximate surface area is 111 Å². The van der Waals surface area contributed by atoms with E-state index >= 15 is 0 Å². The summed E-state index contributed by atoms with van der Waals surface area (Å²) in [7, 11) is 1.55. The lowest BCUT2D eigenvalue weighted by Gasteiger charge is -2.08. The molecular weight excluding hydrogens is 250 g/mol. The molecule has 1 amide bonds. The first-order valence-corrected chi connectivity index (χ1v) is 5.77. The fourth-order valence-corrected chi connectivity index (χ4v) is 1.46. The van der Waals surface area contributed by atoms with E-state index in [1.807, 2.05) is 6.92 Å². The van der Waals surface area contributed by atoms with E-state index in [0.29, 0.717) is 11.3 Å². The largest absolute Gasteiger partial charge is 0.496 e. The van der Waals surface area contributed by atoms with Gasteiger partial charge >= 0.3 is 5.97 Å². The van der Waals surface area contributed by atoms with Crippen LogP contribution in [-0.2, 0) is 9.53 Å². The molecule has 1 aromatic rings. The van der Waals surface area contributed by atoms with Crippen LogP contribution in [0.15, 0.2) is 18.2 Å². The third kappa shape index (κ3) is 4.97. The summed E-state index contributed by atoms with van der Waals surface area (Å²) in [6.07, 6.45) is 0. The third-order valence-corrected chi connectivity index (χ3v) is 2.43. The molecule has 0 aliphatic heterocycles. The number of aryl methyl sites for hydroxylation is 1. The summed E-state index contributed by atoms with van der Waals surface area (Å²) < 4.78 is 9.94. The van der Waals surface area contributed by atoms with Crippen molar-refractivity contribution in [3.8, 4) is 5.75 Å². The van der Waals surface area contributed by atoms with Crippen molar-refractivity contribution in [2.45, 2.75) is 6.92 Å². The van der Waals surface area contributed by atoms with Crippen LogP contribution in [-0.4, -0.2) is 43.9 Å². The smallest absolute Gasteiger partial charge is 0.329 e. The fraction of sp³-hybridized carbons (Fsp3) is 0.385. The SMILES string of the molecule is COc1cc(C(=O)NCCOCC(=O)O)ccc1C. The molecule has 0 aromatic heterocycles. The second-order valence-corrected chi connectivity index (χ2v) is 3.89. The van der Waals surface area contributed by atoms with Crippen molar-refractivity contribution in [3.63, 3.8) is 0 Å². The minimum atomic E-state index is -1.03. The lowest BCUT2D eigenvalue weighted by atomic mass is 10.1. The average Bonchev–Trinajstić information content (AvgIpc) is 2.38. The number of carbonyl (C=O) groups is 2. The zero-order valence-corrected chi connectivity index (χ0v) is 10.9. The molecule has 0 atom stereocenters. The fourth-order valence-electron chi connectivity index (χ4n) is 1.46. The van der Waals surface area contributed by atoms with Crippen LogP contribution in [0.1, 0.15) is 15.9 Å². The normalized spacial score (nSPS) is 10.0. The van der Waals surface area contributed by atoms with Gasteiger partial charge in [-0.3, -0.25) is 4.79 Å². The van der Waals surface area contributed by atoms with Crippen LogP contribution in [0.5, 0.6) is 5.75 Å². The first-order valence-electron chi connectivity index (χ1n) is 5.77. The Morgan fingerprint density at radius 3 is 2.74 bits per heavy atom.